The average Bonchev–Trinajstić information content (AvgIpc) is 2.85. The summed E-state index contributed by atoms with van der Waals surface area (Å²) in [5, 5.41) is 9.33. The van der Waals surface area contributed by atoms with Crippen LogP contribution in [0.3, 0.4) is 0 Å². The van der Waals surface area contributed by atoms with Crippen LogP contribution in [-0.2, 0) is 19.0 Å². The Bertz CT molecular complexity index is 916. The van der Waals surface area contributed by atoms with E-state index in [1.54, 1.807) is 45.2 Å². The highest BCUT2D eigenvalue weighted by atomic mass is 16.5. The van der Waals surface area contributed by atoms with Crippen LogP contribution in [0.15, 0.2) is 18.2 Å². The molecule has 9 nitrogen and oxygen atoms in total. The quantitative estimate of drug-likeness (QED) is 0.648. The predicted molar refractivity (Wildman–Crippen MR) is 125 cm³/mol. The van der Waals surface area contributed by atoms with E-state index < -0.39 is 12.0 Å². The zero-order valence-corrected chi connectivity index (χ0v) is 20.7. The van der Waals surface area contributed by atoms with Gasteiger partial charge in [-0.05, 0) is 31.0 Å². The Morgan fingerprint density at radius 3 is 2.44 bits per heavy atom. The Labute approximate surface area is 201 Å². The molecular weight excluding hydrogens is 438 g/mol. The number of ether oxygens (including phenoxy) is 4. The van der Waals surface area contributed by atoms with E-state index in [1.807, 2.05) is 0 Å². The van der Waals surface area contributed by atoms with Crippen molar-refractivity contribution in [2.24, 2.45) is 5.92 Å². The van der Waals surface area contributed by atoms with Crippen LogP contribution in [0.5, 0.6) is 5.75 Å². The summed E-state index contributed by atoms with van der Waals surface area (Å²) in [4.78, 5) is 29.7. The van der Waals surface area contributed by atoms with Crippen molar-refractivity contribution < 1.29 is 28.5 Å². The molecule has 0 unspecified atom stereocenters. The normalized spacial score (nSPS) is 29.2. The minimum atomic E-state index is -0.515. The van der Waals surface area contributed by atoms with Crippen molar-refractivity contribution in [1.82, 2.24) is 9.80 Å². The van der Waals surface area contributed by atoms with Crippen molar-refractivity contribution in [2.75, 3.05) is 48.0 Å². The Kier molecular flexibility index (Phi) is 8.89. The van der Waals surface area contributed by atoms with E-state index in [9.17, 15) is 14.9 Å². The summed E-state index contributed by atoms with van der Waals surface area (Å²) in [6.07, 6.45) is 1.39. The number of hydrogen-bond donors (Lipinski definition) is 0. The summed E-state index contributed by atoms with van der Waals surface area (Å²) in [5.41, 5.74) is 0.678. The van der Waals surface area contributed by atoms with Gasteiger partial charge in [0, 0.05) is 47.8 Å². The van der Waals surface area contributed by atoms with Crippen molar-refractivity contribution in [3.05, 3.63) is 29.3 Å². The average molecular weight is 474 g/mol. The third-order valence-corrected chi connectivity index (χ3v) is 6.77. The molecule has 0 aromatic heterocycles. The molecule has 1 aromatic rings. The van der Waals surface area contributed by atoms with Crippen LogP contribution in [0.2, 0.25) is 0 Å². The van der Waals surface area contributed by atoms with Crippen LogP contribution in [0, 0.1) is 17.2 Å². The lowest BCUT2D eigenvalue weighted by Gasteiger charge is -2.38. The number of likely N-dealkylation sites (N-methyl/N-ethyl adjacent to an activating group) is 2. The highest BCUT2D eigenvalue weighted by molar-refractivity contribution is 5.97. The number of benzene rings is 1. The summed E-state index contributed by atoms with van der Waals surface area (Å²) in [6, 6.07) is 6.90. The van der Waals surface area contributed by atoms with Crippen molar-refractivity contribution in [1.29, 1.82) is 5.26 Å². The molecule has 5 atom stereocenters. The van der Waals surface area contributed by atoms with E-state index in [-0.39, 0.29) is 36.7 Å². The molecule has 2 amide bonds. The van der Waals surface area contributed by atoms with Gasteiger partial charge in [-0.2, -0.15) is 5.26 Å². The molecule has 2 heterocycles. The number of nitrogens with zero attached hydrogens (tertiary/aromatic N) is 3. The molecule has 0 aliphatic carbocycles. The van der Waals surface area contributed by atoms with Crippen LogP contribution < -0.4 is 4.74 Å². The first kappa shape index (κ1) is 25.9. The molecule has 2 aliphatic heterocycles. The Morgan fingerprint density at radius 1 is 1.03 bits per heavy atom. The van der Waals surface area contributed by atoms with Crippen molar-refractivity contribution in [2.45, 2.75) is 50.6 Å². The summed E-state index contributed by atoms with van der Waals surface area (Å²) < 4.78 is 23.6. The fourth-order valence-electron chi connectivity index (χ4n) is 4.64. The van der Waals surface area contributed by atoms with Crippen LogP contribution in [-0.4, -0.2) is 94.0 Å². The summed E-state index contributed by atoms with van der Waals surface area (Å²) in [5.74, 6) is -0.454. The van der Waals surface area contributed by atoms with Crippen molar-refractivity contribution >= 4 is 11.8 Å². The zero-order chi connectivity index (χ0) is 24.8. The molecule has 2 bridgehead atoms. The maximum absolute atomic E-state index is 13.3. The molecule has 0 radical (unpaired) electrons. The van der Waals surface area contributed by atoms with Gasteiger partial charge >= 0.3 is 0 Å². The summed E-state index contributed by atoms with van der Waals surface area (Å²) >= 11 is 0. The van der Waals surface area contributed by atoms with E-state index in [0.29, 0.717) is 36.4 Å². The number of amides is 2. The molecule has 1 aromatic carbocycles. The Morgan fingerprint density at radius 2 is 1.76 bits per heavy atom. The third kappa shape index (κ3) is 5.87. The molecular formula is C25H35N3O6. The topological polar surface area (TPSA) is 101 Å². The van der Waals surface area contributed by atoms with Crippen molar-refractivity contribution in [3.8, 4) is 11.8 Å². The van der Waals surface area contributed by atoms with Gasteiger partial charge < -0.3 is 28.7 Å². The Hall–Kier alpha value is -2.67. The standard InChI is InChI=1S/C25H35N3O6/c1-16-22(32-5)14-28(3)25(30)19-12-17(13-26)6-8-20(19)33-11-10-18-7-9-21(31-4)23(34-18)15-27(2)24(16)29/h6,8,12,16,18,21-23H,7,9-11,14-15H2,1-5H3/t16-,18-,21-,22+,23-/m0/s1. The number of methoxy groups -OCH3 is 2. The largest absolute Gasteiger partial charge is 0.493 e. The lowest BCUT2D eigenvalue weighted by atomic mass is 9.97. The minimum Gasteiger partial charge on any atom is -0.493 e. The number of nitriles is 1. The van der Waals surface area contributed by atoms with Gasteiger partial charge in [-0.1, -0.05) is 6.92 Å². The van der Waals surface area contributed by atoms with Gasteiger partial charge in [0.2, 0.25) is 5.91 Å². The molecule has 34 heavy (non-hydrogen) atoms. The van der Waals surface area contributed by atoms with Gasteiger partial charge in [-0.25, -0.2) is 0 Å². The maximum Gasteiger partial charge on any atom is 0.257 e. The fraction of sp³-hybridized carbons (Fsp3) is 0.640. The van der Waals surface area contributed by atoms with Gasteiger partial charge in [-0.15, -0.1) is 0 Å². The van der Waals surface area contributed by atoms with E-state index in [4.69, 9.17) is 18.9 Å². The number of carbonyl (C=O) groups excluding carboxylic acids is 2. The van der Waals surface area contributed by atoms with Gasteiger partial charge in [0.1, 0.15) is 11.9 Å². The lowest BCUT2D eigenvalue weighted by molar-refractivity contribution is -0.154. The van der Waals surface area contributed by atoms with E-state index >= 15 is 0 Å². The van der Waals surface area contributed by atoms with Crippen LogP contribution >= 0.6 is 0 Å². The minimum absolute atomic E-state index is 0.0443. The molecule has 1 fully saturated rings. The molecule has 3 rings (SSSR count). The maximum atomic E-state index is 13.3. The van der Waals surface area contributed by atoms with Gasteiger partial charge in [0.15, 0.2) is 0 Å². The van der Waals surface area contributed by atoms with Gasteiger partial charge in [0.25, 0.3) is 5.91 Å². The smallest absolute Gasteiger partial charge is 0.257 e. The first-order chi connectivity index (χ1) is 16.3. The molecule has 186 valence electrons. The second-order valence-corrected chi connectivity index (χ2v) is 9.08. The summed E-state index contributed by atoms with van der Waals surface area (Å²) in [7, 11) is 6.61. The van der Waals surface area contributed by atoms with Crippen LogP contribution in [0.4, 0.5) is 0 Å². The highest BCUT2D eigenvalue weighted by Crippen LogP contribution is 2.27. The molecule has 9 heteroatoms. The third-order valence-electron chi connectivity index (χ3n) is 6.77. The molecule has 0 N–H and O–H groups in total. The number of hydrogen-bond acceptors (Lipinski definition) is 7. The molecule has 0 saturated carbocycles. The second-order valence-electron chi connectivity index (χ2n) is 9.08. The summed E-state index contributed by atoms with van der Waals surface area (Å²) in [6.45, 7) is 2.77. The fourth-order valence-corrected chi connectivity index (χ4v) is 4.64. The van der Waals surface area contributed by atoms with E-state index in [0.717, 1.165) is 12.8 Å². The number of rotatable bonds is 2. The first-order valence-electron chi connectivity index (χ1n) is 11.7. The zero-order valence-electron chi connectivity index (χ0n) is 20.7. The number of fused-ring (bicyclic) bond motifs is 3. The molecule has 2 aliphatic rings. The van der Waals surface area contributed by atoms with Crippen molar-refractivity contribution in [3.63, 3.8) is 0 Å². The van der Waals surface area contributed by atoms with Gasteiger partial charge in [-0.3, -0.25) is 9.59 Å². The van der Waals surface area contributed by atoms with E-state index in [1.165, 1.54) is 18.1 Å². The SMILES string of the molecule is CO[C@H]1CC[C@H]2CCOc3ccc(C#N)cc3C(=O)N(C)C[C@@H](OC)[C@H](C)C(=O)N(C)C[C@@H]1O2. The molecule has 0 spiro atoms. The van der Waals surface area contributed by atoms with E-state index in [2.05, 4.69) is 6.07 Å². The Balaban J connectivity index is 1.93. The number of carbonyl (C=O) groups is 2. The first-order valence-corrected chi connectivity index (χ1v) is 11.7. The van der Waals surface area contributed by atoms with Crippen LogP contribution in [0.25, 0.3) is 0 Å². The monoisotopic (exact) mass is 473 g/mol. The van der Waals surface area contributed by atoms with Crippen LogP contribution in [0.1, 0.15) is 42.1 Å². The van der Waals surface area contributed by atoms with Gasteiger partial charge in [0.05, 0.1) is 48.0 Å². The molecule has 1 saturated heterocycles. The second kappa shape index (κ2) is 11.6. The predicted octanol–water partition coefficient (Wildman–Crippen LogP) is 2.08. The highest BCUT2D eigenvalue weighted by Gasteiger charge is 2.35. The lowest BCUT2D eigenvalue weighted by Crippen LogP contribution is -2.50.